The summed E-state index contributed by atoms with van der Waals surface area (Å²) in [6.45, 7) is 6.68. The molecule has 1 fully saturated rings. The SMILES string of the molecule is CC1(C)OC[C@H](CN2CCc3ccccc32)O1. The number of ether oxygens (including phenoxy) is 2. The van der Waals surface area contributed by atoms with Crippen LogP contribution >= 0.6 is 0 Å². The first-order chi connectivity index (χ1) is 8.14. The van der Waals surface area contributed by atoms with Gasteiger partial charge in [-0.05, 0) is 31.9 Å². The summed E-state index contributed by atoms with van der Waals surface area (Å²) in [6, 6.07) is 8.63. The molecule has 1 atom stereocenters. The minimum atomic E-state index is -0.413. The molecule has 0 aromatic heterocycles. The number of rotatable bonds is 2. The van der Waals surface area contributed by atoms with Crippen molar-refractivity contribution in [1.82, 2.24) is 0 Å². The number of para-hydroxylation sites is 1. The first-order valence-corrected chi connectivity index (χ1v) is 6.29. The maximum Gasteiger partial charge on any atom is 0.163 e. The Bertz CT molecular complexity index is 416. The molecule has 1 aromatic carbocycles. The van der Waals surface area contributed by atoms with Crippen LogP contribution in [-0.2, 0) is 15.9 Å². The van der Waals surface area contributed by atoms with Crippen molar-refractivity contribution in [2.45, 2.75) is 32.2 Å². The molecule has 0 radical (unpaired) electrons. The Morgan fingerprint density at radius 1 is 1.35 bits per heavy atom. The van der Waals surface area contributed by atoms with Gasteiger partial charge in [0.2, 0.25) is 0 Å². The first-order valence-electron chi connectivity index (χ1n) is 6.29. The molecule has 17 heavy (non-hydrogen) atoms. The van der Waals surface area contributed by atoms with Crippen molar-refractivity contribution in [3.8, 4) is 0 Å². The van der Waals surface area contributed by atoms with Gasteiger partial charge >= 0.3 is 0 Å². The highest BCUT2D eigenvalue weighted by molar-refractivity contribution is 5.57. The molecular formula is C14H19NO2. The highest BCUT2D eigenvalue weighted by Gasteiger charge is 2.34. The summed E-state index contributed by atoms with van der Waals surface area (Å²) in [5, 5.41) is 0. The molecule has 0 unspecified atom stereocenters. The van der Waals surface area contributed by atoms with E-state index < -0.39 is 5.79 Å². The molecule has 2 aliphatic rings. The van der Waals surface area contributed by atoms with Crippen molar-refractivity contribution in [3.63, 3.8) is 0 Å². The number of hydrogen-bond donors (Lipinski definition) is 0. The lowest BCUT2D eigenvalue weighted by molar-refractivity contribution is -0.137. The Morgan fingerprint density at radius 3 is 2.94 bits per heavy atom. The molecule has 3 rings (SSSR count). The van der Waals surface area contributed by atoms with E-state index in [0.717, 1.165) is 19.5 Å². The zero-order chi connectivity index (χ0) is 11.9. The van der Waals surface area contributed by atoms with E-state index in [1.807, 2.05) is 13.8 Å². The van der Waals surface area contributed by atoms with Gasteiger partial charge in [-0.1, -0.05) is 18.2 Å². The summed E-state index contributed by atoms with van der Waals surface area (Å²) >= 11 is 0. The monoisotopic (exact) mass is 233 g/mol. The predicted molar refractivity (Wildman–Crippen MR) is 67.3 cm³/mol. The number of nitrogens with zero attached hydrogens (tertiary/aromatic N) is 1. The molecule has 3 nitrogen and oxygen atoms in total. The Kier molecular flexibility index (Phi) is 2.60. The van der Waals surface area contributed by atoms with Crippen molar-refractivity contribution in [2.75, 3.05) is 24.6 Å². The standard InChI is InChI=1S/C14H19NO2/c1-14(2)16-10-12(17-14)9-15-8-7-11-5-3-4-6-13(11)15/h3-6,12H,7-10H2,1-2H3/t12-/m0/s1. The fourth-order valence-corrected chi connectivity index (χ4v) is 2.70. The molecule has 0 saturated carbocycles. The zero-order valence-corrected chi connectivity index (χ0v) is 10.5. The van der Waals surface area contributed by atoms with Crippen LogP contribution in [0.2, 0.25) is 0 Å². The van der Waals surface area contributed by atoms with Crippen molar-refractivity contribution in [3.05, 3.63) is 29.8 Å². The molecule has 2 aliphatic heterocycles. The number of benzene rings is 1. The van der Waals surface area contributed by atoms with Crippen LogP contribution in [0.4, 0.5) is 5.69 Å². The molecule has 2 heterocycles. The third kappa shape index (κ3) is 2.17. The summed E-state index contributed by atoms with van der Waals surface area (Å²) in [4.78, 5) is 2.41. The molecule has 0 N–H and O–H groups in total. The summed E-state index contributed by atoms with van der Waals surface area (Å²) in [5.41, 5.74) is 2.81. The minimum absolute atomic E-state index is 0.191. The lowest BCUT2D eigenvalue weighted by Gasteiger charge is -2.23. The quantitative estimate of drug-likeness (QED) is 0.781. The van der Waals surface area contributed by atoms with Crippen molar-refractivity contribution in [1.29, 1.82) is 0 Å². The zero-order valence-electron chi connectivity index (χ0n) is 10.5. The van der Waals surface area contributed by atoms with Gasteiger partial charge < -0.3 is 14.4 Å². The molecule has 0 amide bonds. The lowest BCUT2D eigenvalue weighted by Crippen LogP contribution is -2.33. The van der Waals surface area contributed by atoms with E-state index in [-0.39, 0.29) is 6.10 Å². The molecular weight excluding hydrogens is 214 g/mol. The van der Waals surface area contributed by atoms with Crippen molar-refractivity contribution in [2.24, 2.45) is 0 Å². The summed E-state index contributed by atoms with van der Waals surface area (Å²) in [5.74, 6) is -0.413. The average molecular weight is 233 g/mol. The molecule has 1 aromatic rings. The smallest absolute Gasteiger partial charge is 0.163 e. The largest absolute Gasteiger partial charge is 0.368 e. The van der Waals surface area contributed by atoms with Crippen LogP contribution in [0.1, 0.15) is 19.4 Å². The number of anilines is 1. The van der Waals surface area contributed by atoms with Gasteiger partial charge in [0.1, 0.15) is 6.10 Å². The molecule has 0 spiro atoms. The van der Waals surface area contributed by atoms with E-state index in [1.54, 1.807) is 0 Å². The van der Waals surface area contributed by atoms with Gasteiger partial charge in [0.05, 0.1) is 6.61 Å². The Balaban J connectivity index is 1.68. The molecule has 0 aliphatic carbocycles. The predicted octanol–water partition coefficient (Wildman–Crippen LogP) is 2.20. The first kappa shape index (κ1) is 11.1. The highest BCUT2D eigenvalue weighted by atomic mass is 16.7. The number of fused-ring (bicyclic) bond motifs is 1. The summed E-state index contributed by atoms with van der Waals surface area (Å²) < 4.78 is 11.5. The van der Waals surface area contributed by atoms with Crippen molar-refractivity contribution >= 4 is 5.69 Å². The highest BCUT2D eigenvalue weighted by Crippen LogP contribution is 2.30. The van der Waals surface area contributed by atoms with E-state index in [9.17, 15) is 0 Å². The van der Waals surface area contributed by atoms with Crippen LogP contribution in [-0.4, -0.2) is 31.6 Å². The van der Waals surface area contributed by atoms with Crippen LogP contribution < -0.4 is 4.90 Å². The van der Waals surface area contributed by atoms with E-state index in [4.69, 9.17) is 9.47 Å². The second-order valence-electron chi connectivity index (χ2n) is 5.28. The topological polar surface area (TPSA) is 21.7 Å². The Morgan fingerprint density at radius 2 is 2.18 bits per heavy atom. The van der Waals surface area contributed by atoms with Crippen LogP contribution in [0.25, 0.3) is 0 Å². The molecule has 0 bridgehead atoms. The second kappa shape index (κ2) is 4.00. The minimum Gasteiger partial charge on any atom is -0.368 e. The Labute approximate surface area is 102 Å². The van der Waals surface area contributed by atoms with Gasteiger partial charge in [-0.15, -0.1) is 0 Å². The third-order valence-corrected chi connectivity index (χ3v) is 3.47. The van der Waals surface area contributed by atoms with Crippen molar-refractivity contribution < 1.29 is 9.47 Å². The fourth-order valence-electron chi connectivity index (χ4n) is 2.70. The molecule has 3 heteroatoms. The normalized spacial score (nSPS) is 26.2. The summed E-state index contributed by atoms with van der Waals surface area (Å²) in [6.07, 6.45) is 1.34. The molecule has 92 valence electrons. The van der Waals surface area contributed by atoms with Gasteiger partial charge in [0.15, 0.2) is 5.79 Å². The van der Waals surface area contributed by atoms with Gasteiger partial charge in [0, 0.05) is 18.8 Å². The summed E-state index contributed by atoms with van der Waals surface area (Å²) in [7, 11) is 0. The maximum absolute atomic E-state index is 5.86. The van der Waals surface area contributed by atoms with E-state index in [1.165, 1.54) is 11.3 Å². The fraction of sp³-hybridized carbons (Fsp3) is 0.571. The number of hydrogen-bond acceptors (Lipinski definition) is 3. The van der Waals surface area contributed by atoms with E-state index in [2.05, 4.69) is 29.2 Å². The van der Waals surface area contributed by atoms with Crippen LogP contribution in [0.5, 0.6) is 0 Å². The molecule has 1 saturated heterocycles. The van der Waals surface area contributed by atoms with Crippen LogP contribution in [0.3, 0.4) is 0 Å². The Hall–Kier alpha value is -1.06. The van der Waals surface area contributed by atoms with Gasteiger partial charge in [-0.2, -0.15) is 0 Å². The van der Waals surface area contributed by atoms with Gasteiger partial charge in [0.25, 0.3) is 0 Å². The average Bonchev–Trinajstić information content (AvgIpc) is 2.84. The van der Waals surface area contributed by atoms with Gasteiger partial charge in [-0.25, -0.2) is 0 Å². The maximum atomic E-state index is 5.86. The van der Waals surface area contributed by atoms with Gasteiger partial charge in [-0.3, -0.25) is 0 Å². The van der Waals surface area contributed by atoms with Crippen LogP contribution in [0.15, 0.2) is 24.3 Å². The second-order valence-corrected chi connectivity index (χ2v) is 5.28. The third-order valence-electron chi connectivity index (χ3n) is 3.47. The van der Waals surface area contributed by atoms with Crippen LogP contribution in [0, 0.1) is 0 Å². The van der Waals surface area contributed by atoms with E-state index in [0.29, 0.717) is 6.61 Å². The van der Waals surface area contributed by atoms with E-state index >= 15 is 0 Å². The lowest BCUT2D eigenvalue weighted by atomic mass is 10.2.